The summed E-state index contributed by atoms with van der Waals surface area (Å²) < 4.78 is 55.0. The van der Waals surface area contributed by atoms with Gasteiger partial charge in [-0.25, -0.2) is 4.79 Å². The van der Waals surface area contributed by atoms with Crippen molar-refractivity contribution < 1.29 is 83.2 Å². The minimum Gasteiger partial charge on any atom is -0.458 e. The van der Waals surface area contributed by atoms with E-state index >= 15 is 0 Å². The van der Waals surface area contributed by atoms with E-state index in [9.17, 15) is 40.5 Å². The fraction of sp³-hybridized carbons (Fsp3) is 0.938. The molecule has 17 nitrogen and oxygen atoms in total. The van der Waals surface area contributed by atoms with Crippen LogP contribution in [0.2, 0.25) is 0 Å². The van der Waals surface area contributed by atoms with E-state index in [1.54, 1.807) is 13.0 Å². The van der Waals surface area contributed by atoms with Gasteiger partial charge in [0.15, 0.2) is 25.2 Å². The first-order chi connectivity index (χ1) is 30.8. The average Bonchev–Trinajstić information content (AvgIpc) is 3.81. The molecule has 65 heavy (non-hydrogen) atoms. The number of hydrogen-bond donors (Lipinski definition) is 7. The first-order valence-corrected chi connectivity index (χ1v) is 24.7. The molecule has 7 N–H and O–H groups in total. The van der Waals surface area contributed by atoms with Gasteiger partial charge < -0.3 is 78.4 Å². The molecule has 5 heterocycles. The fourth-order valence-electron chi connectivity index (χ4n) is 14.4. The number of carbonyl (C=O) groups is 1. The normalized spacial score (nSPS) is 54.8. The molecule has 0 aromatic carbocycles. The van der Waals surface area contributed by atoms with E-state index in [2.05, 4.69) is 13.8 Å². The molecule has 0 amide bonds. The third-order valence-corrected chi connectivity index (χ3v) is 18.5. The highest BCUT2D eigenvalue weighted by molar-refractivity contribution is 5.85. The Kier molecular flexibility index (Phi) is 14.0. The molecule has 0 aromatic rings. The maximum Gasteiger partial charge on any atom is 0.331 e. The van der Waals surface area contributed by atoms with Crippen LogP contribution in [0.1, 0.15) is 119 Å². The van der Waals surface area contributed by atoms with Crippen LogP contribution in [0.4, 0.5) is 0 Å². The number of esters is 1. The van der Waals surface area contributed by atoms with Crippen LogP contribution in [0.5, 0.6) is 0 Å². The van der Waals surface area contributed by atoms with Gasteiger partial charge in [0.05, 0.1) is 54.9 Å². The van der Waals surface area contributed by atoms with E-state index in [-0.39, 0.29) is 66.0 Å². The molecule has 5 aliphatic heterocycles. The molecule has 0 radical (unpaired) electrons. The Hall–Kier alpha value is -1.39. The van der Waals surface area contributed by atoms with Crippen molar-refractivity contribution in [2.75, 3.05) is 13.2 Å². The Morgan fingerprint density at radius 1 is 0.677 bits per heavy atom. The molecule has 4 saturated carbocycles. The predicted octanol–water partition coefficient (Wildman–Crippen LogP) is 2.35. The SMILES string of the molecule is CC1OC(OC2C(O)CC(OC3C(O)CC(O[C@H]4CC[C@@]5(C)[C@H](CC[C@@H]6[C@@H]5CC[C@]5(C)[C@@H](C7=CC(=O)OC7)CC[C@]65O)C4)OC3C)OC2C)CC(OC2OC(CO)[C@H](O)C(O)[C@@H]2O)C1C. The highest BCUT2D eigenvalue weighted by Gasteiger charge is 2.68. The molecular weight excluding hydrogens is 849 g/mol. The Labute approximate surface area is 382 Å². The van der Waals surface area contributed by atoms with Crippen molar-refractivity contribution in [1.82, 2.24) is 0 Å². The van der Waals surface area contributed by atoms with Crippen LogP contribution >= 0.6 is 0 Å². The van der Waals surface area contributed by atoms with Crippen LogP contribution in [0.3, 0.4) is 0 Å². The van der Waals surface area contributed by atoms with Crippen LogP contribution in [0.15, 0.2) is 11.6 Å². The third kappa shape index (κ3) is 8.81. The van der Waals surface area contributed by atoms with Gasteiger partial charge in [0.2, 0.25) is 0 Å². The molecule has 15 unspecified atom stereocenters. The number of carbonyl (C=O) groups excluding carboxylic acids is 1. The lowest BCUT2D eigenvalue weighted by molar-refractivity contribution is -0.348. The summed E-state index contributed by atoms with van der Waals surface area (Å²) in [6, 6.07) is 0. The summed E-state index contributed by atoms with van der Waals surface area (Å²) >= 11 is 0. The highest BCUT2D eigenvalue weighted by Crippen LogP contribution is 2.70. The van der Waals surface area contributed by atoms with Crippen LogP contribution < -0.4 is 0 Å². The summed E-state index contributed by atoms with van der Waals surface area (Å²) in [7, 11) is 0. The lowest BCUT2D eigenvalue weighted by Gasteiger charge is -2.64. The summed E-state index contributed by atoms with van der Waals surface area (Å²) in [6.45, 7) is 11.9. The van der Waals surface area contributed by atoms with E-state index in [1.807, 2.05) is 20.8 Å². The molecule has 8 fully saturated rings. The van der Waals surface area contributed by atoms with Gasteiger partial charge in [0, 0.05) is 36.7 Å². The zero-order chi connectivity index (χ0) is 46.3. The second kappa shape index (κ2) is 18.7. The van der Waals surface area contributed by atoms with Crippen LogP contribution in [0.25, 0.3) is 0 Å². The highest BCUT2D eigenvalue weighted by atomic mass is 16.7. The Balaban J connectivity index is 0.744. The number of aliphatic hydroxyl groups excluding tert-OH is 6. The van der Waals surface area contributed by atoms with Gasteiger partial charge in [-0.1, -0.05) is 20.8 Å². The summed E-state index contributed by atoms with van der Waals surface area (Å²) in [5, 5.41) is 76.1. The largest absolute Gasteiger partial charge is 0.458 e. The molecule has 9 rings (SSSR count). The topological polar surface area (TPSA) is 242 Å². The maximum atomic E-state index is 12.6. The number of hydrogen-bond acceptors (Lipinski definition) is 17. The second-order valence-corrected chi connectivity index (χ2v) is 21.9. The van der Waals surface area contributed by atoms with Crippen LogP contribution in [0, 0.1) is 40.4 Å². The Morgan fingerprint density at radius 2 is 1.32 bits per heavy atom. The minimum atomic E-state index is -1.57. The van der Waals surface area contributed by atoms with Crippen molar-refractivity contribution in [3.05, 3.63) is 11.6 Å². The van der Waals surface area contributed by atoms with E-state index in [4.69, 9.17) is 42.6 Å². The molecule has 370 valence electrons. The first-order valence-electron chi connectivity index (χ1n) is 24.7. The molecular formula is C48H76O17. The van der Waals surface area contributed by atoms with Crippen molar-refractivity contribution in [3.8, 4) is 0 Å². The molecule has 0 aromatic heterocycles. The molecule has 4 saturated heterocycles. The van der Waals surface area contributed by atoms with Crippen molar-refractivity contribution in [1.29, 1.82) is 0 Å². The molecule has 0 bridgehead atoms. The zero-order valence-electron chi connectivity index (χ0n) is 38.9. The summed E-state index contributed by atoms with van der Waals surface area (Å²) in [5.74, 6) is 0.863. The Morgan fingerprint density at radius 3 is 1.95 bits per heavy atom. The van der Waals surface area contributed by atoms with Gasteiger partial charge in [-0.15, -0.1) is 0 Å². The monoisotopic (exact) mass is 925 g/mol. The first kappa shape index (κ1) is 48.6. The second-order valence-electron chi connectivity index (χ2n) is 21.9. The maximum absolute atomic E-state index is 12.6. The van der Waals surface area contributed by atoms with Gasteiger partial charge in [0.1, 0.15) is 43.2 Å². The van der Waals surface area contributed by atoms with Crippen LogP contribution in [-0.4, -0.2) is 165 Å². The van der Waals surface area contributed by atoms with E-state index in [1.165, 1.54) is 0 Å². The van der Waals surface area contributed by atoms with E-state index in [0.717, 1.165) is 63.4 Å². The van der Waals surface area contributed by atoms with Gasteiger partial charge in [-0.05, 0) is 113 Å². The van der Waals surface area contributed by atoms with Crippen molar-refractivity contribution in [2.24, 2.45) is 40.4 Å². The molecule has 25 atom stereocenters. The van der Waals surface area contributed by atoms with Gasteiger partial charge in [-0.3, -0.25) is 0 Å². The van der Waals surface area contributed by atoms with Crippen molar-refractivity contribution in [2.45, 2.75) is 229 Å². The number of ether oxygens (including phenoxy) is 9. The minimum absolute atomic E-state index is 0.00495. The van der Waals surface area contributed by atoms with E-state index in [0.29, 0.717) is 18.4 Å². The summed E-state index contributed by atoms with van der Waals surface area (Å²) in [4.78, 5) is 12.0. The lowest BCUT2D eigenvalue weighted by Crippen LogP contribution is -2.62. The predicted molar refractivity (Wildman–Crippen MR) is 227 cm³/mol. The third-order valence-electron chi connectivity index (χ3n) is 18.5. The summed E-state index contributed by atoms with van der Waals surface area (Å²) in [5.41, 5.74) is 0.141. The fourth-order valence-corrected chi connectivity index (χ4v) is 14.4. The van der Waals surface area contributed by atoms with Gasteiger partial charge >= 0.3 is 5.97 Å². The van der Waals surface area contributed by atoms with Crippen molar-refractivity contribution in [3.63, 3.8) is 0 Å². The molecule has 9 aliphatic rings. The average molecular weight is 925 g/mol. The number of aliphatic hydroxyl groups is 7. The van der Waals surface area contributed by atoms with E-state index < -0.39 is 105 Å². The standard InChI is InChI=1S/C48H76O17/c1-22-23(2)58-39(19-34(22)62-45-42(55)41(54)40(53)35(20-49)63-45)65-44-25(4)60-38(18-33(44)51)64-43-24(3)59-37(17-32(43)50)61-28-9-12-46(5)27(16-28)7-8-31-30(46)10-13-47(6)29(11-14-48(31,47)56)26-15-36(52)57-21-26/h15,22-25,27-35,37-45,49-51,53-56H,7-14,16-21H2,1-6H3/t22?,23?,24?,25?,27-,28+,29-,30+,31-,32?,33?,34?,35?,37?,38?,39?,40+,41?,42+,43?,44?,45?,46+,47-,48+/m1/s1. The molecule has 0 spiro atoms. The van der Waals surface area contributed by atoms with Crippen molar-refractivity contribution >= 4 is 5.97 Å². The summed E-state index contributed by atoms with van der Waals surface area (Å²) in [6.07, 6.45) is -4.05. The molecule has 17 heteroatoms. The smallest absolute Gasteiger partial charge is 0.331 e. The number of fused-ring (bicyclic) bond motifs is 5. The Bertz CT molecular complexity index is 1690. The van der Waals surface area contributed by atoms with Gasteiger partial charge in [0.25, 0.3) is 0 Å². The lowest BCUT2D eigenvalue weighted by atomic mass is 9.43. The number of rotatable bonds is 10. The number of cyclic esters (lactones) is 1. The van der Waals surface area contributed by atoms with Crippen LogP contribution in [-0.2, 0) is 47.4 Å². The molecule has 4 aliphatic carbocycles. The quantitative estimate of drug-likeness (QED) is 0.123. The zero-order valence-corrected chi connectivity index (χ0v) is 38.9. The van der Waals surface area contributed by atoms with Gasteiger partial charge in [-0.2, -0.15) is 0 Å².